The fourth-order valence-corrected chi connectivity index (χ4v) is 3.16. The van der Waals surface area contributed by atoms with Crippen LogP contribution in [0.25, 0.3) is 11.4 Å². The minimum Gasteiger partial charge on any atom is -0.307 e. The van der Waals surface area contributed by atoms with Gasteiger partial charge in [0, 0.05) is 17.3 Å². The molecule has 6 heteroatoms. The van der Waals surface area contributed by atoms with Gasteiger partial charge in [-0.15, -0.1) is 10.2 Å². The SMILES string of the molecule is C[C@@H]1Cc2ccccc2N1C(=O)Cn1nnc(-c2ccccc2)n1. The third kappa shape index (κ3) is 2.56. The van der Waals surface area contributed by atoms with Gasteiger partial charge in [0.05, 0.1) is 0 Å². The van der Waals surface area contributed by atoms with Gasteiger partial charge in [-0.1, -0.05) is 48.5 Å². The molecule has 0 unspecified atom stereocenters. The van der Waals surface area contributed by atoms with Crippen LogP contribution in [0.5, 0.6) is 0 Å². The lowest BCUT2D eigenvalue weighted by Crippen LogP contribution is -2.38. The first-order chi connectivity index (χ1) is 11.7. The van der Waals surface area contributed by atoms with Crippen LogP contribution in [-0.4, -0.2) is 32.2 Å². The number of tetrazole rings is 1. The molecule has 1 atom stereocenters. The van der Waals surface area contributed by atoms with E-state index >= 15 is 0 Å². The van der Waals surface area contributed by atoms with Crippen molar-refractivity contribution in [3.8, 4) is 11.4 Å². The van der Waals surface area contributed by atoms with E-state index in [0.29, 0.717) is 5.82 Å². The van der Waals surface area contributed by atoms with Gasteiger partial charge < -0.3 is 4.90 Å². The summed E-state index contributed by atoms with van der Waals surface area (Å²) in [5.41, 5.74) is 3.07. The predicted octanol–water partition coefficient (Wildman–Crippen LogP) is 2.32. The van der Waals surface area contributed by atoms with Crippen molar-refractivity contribution in [2.45, 2.75) is 25.9 Å². The molecular formula is C18H17N5O. The Hall–Kier alpha value is -3.02. The molecule has 0 spiro atoms. The van der Waals surface area contributed by atoms with Gasteiger partial charge in [0.15, 0.2) is 0 Å². The topological polar surface area (TPSA) is 63.9 Å². The Balaban J connectivity index is 1.54. The highest BCUT2D eigenvalue weighted by atomic mass is 16.2. The molecule has 0 aliphatic carbocycles. The first-order valence-corrected chi connectivity index (χ1v) is 7.95. The second-order valence-corrected chi connectivity index (χ2v) is 5.96. The summed E-state index contributed by atoms with van der Waals surface area (Å²) >= 11 is 0. The molecule has 0 N–H and O–H groups in total. The van der Waals surface area contributed by atoms with Crippen LogP contribution in [0.1, 0.15) is 12.5 Å². The number of fused-ring (bicyclic) bond motifs is 1. The van der Waals surface area contributed by atoms with Crippen LogP contribution in [0.3, 0.4) is 0 Å². The Labute approximate surface area is 139 Å². The number of hydrogen-bond donors (Lipinski definition) is 0. The quantitative estimate of drug-likeness (QED) is 0.743. The zero-order valence-corrected chi connectivity index (χ0v) is 13.3. The largest absolute Gasteiger partial charge is 0.307 e. The molecular weight excluding hydrogens is 302 g/mol. The number of anilines is 1. The number of carbonyl (C=O) groups is 1. The Bertz CT molecular complexity index is 874. The van der Waals surface area contributed by atoms with Crippen molar-refractivity contribution in [3.05, 3.63) is 60.2 Å². The summed E-state index contributed by atoms with van der Waals surface area (Å²) in [6, 6.07) is 17.8. The lowest BCUT2D eigenvalue weighted by atomic mass is 10.1. The molecule has 24 heavy (non-hydrogen) atoms. The van der Waals surface area contributed by atoms with E-state index in [1.165, 1.54) is 10.4 Å². The summed E-state index contributed by atoms with van der Waals surface area (Å²) in [6.45, 7) is 2.14. The zero-order valence-electron chi connectivity index (χ0n) is 13.3. The van der Waals surface area contributed by atoms with Crippen LogP contribution < -0.4 is 4.90 Å². The van der Waals surface area contributed by atoms with E-state index in [4.69, 9.17) is 0 Å². The summed E-state index contributed by atoms with van der Waals surface area (Å²) in [7, 11) is 0. The van der Waals surface area contributed by atoms with Gasteiger partial charge in [-0.3, -0.25) is 4.79 Å². The van der Waals surface area contributed by atoms with Crippen LogP contribution in [0, 0.1) is 0 Å². The maximum atomic E-state index is 12.7. The molecule has 1 aliphatic heterocycles. The number of para-hydroxylation sites is 1. The average molecular weight is 319 g/mol. The third-order valence-electron chi connectivity index (χ3n) is 4.24. The van der Waals surface area contributed by atoms with E-state index in [2.05, 4.69) is 28.4 Å². The third-order valence-corrected chi connectivity index (χ3v) is 4.24. The first-order valence-electron chi connectivity index (χ1n) is 7.95. The number of hydrogen-bond acceptors (Lipinski definition) is 4. The average Bonchev–Trinajstić information content (AvgIpc) is 3.19. The standard InChI is InChI=1S/C18H17N5O/c1-13-11-15-9-5-6-10-16(15)23(13)17(24)12-22-20-18(19-21-22)14-7-3-2-4-8-14/h2-10,13H,11-12H2,1H3/t13-/m1/s1. The monoisotopic (exact) mass is 319 g/mol. The van der Waals surface area contributed by atoms with Crippen molar-refractivity contribution in [1.82, 2.24) is 20.2 Å². The maximum absolute atomic E-state index is 12.7. The molecule has 0 bridgehead atoms. The second kappa shape index (κ2) is 5.88. The fraction of sp³-hybridized carbons (Fsp3) is 0.222. The van der Waals surface area contributed by atoms with Crippen LogP contribution in [0.2, 0.25) is 0 Å². The Morgan fingerprint density at radius 3 is 2.71 bits per heavy atom. The molecule has 2 heterocycles. The van der Waals surface area contributed by atoms with Crippen LogP contribution in [0.4, 0.5) is 5.69 Å². The van der Waals surface area contributed by atoms with Gasteiger partial charge in [-0.25, -0.2) is 0 Å². The molecule has 1 amide bonds. The van der Waals surface area contributed by atoms with E-state index in [1.54, 1.807) is 0 Å². The highest BCUT2D eigenvalue weighted by molar-refractivity contribution is 5.95. The lowest BCUT2D eigenvalue weighted by Gasteiger charge is -2.22. The van der Waals surface area contributed by atoms with E-state index in [-0.39, 0.29) is 18.5 Å². The number of rotatable bonds is 3. The molecule has 3 aromatic rings. The van der Waals surface area contributed by atoms with Crippen LogP contribution in [-0.2, 0) is 17.8 Å². The Morgan fingerprint density at radius 1 is 1.12 bits per heavy atom. The van der Waals surface area contributed by atoms with Crippen molar-refractivity contribution >= 4 is 11.6 Å². The van der Waals surface area contributed by atoms with E-state index in [1.807, 2.05) is 53.4 Å². The van der Waals surface area contributed by atoms with Gasteiger partial charge in [0.1, 0.15) is 6.54 Å². The zero-order chi connectivity index (χ0) is 16.5. The highest BCUT2D eigenvalue weighted by Crippen LogP contribution is 2.31. The normalized spacial score (nSPS) is 16.2. The molecule has 0 saturated heterocycles. The number of benzene rings is 2. The second-order valence-electron chi connectivity index (χ2n) is 5.96. The lowest BCUT2D eigenvalue weighted by molar-refractivity contribution is -0.119. The molecule has 1 aliphatic rings. The Kier molecular flexibility index (Phi) is 3.57. The van der Waals surface area contributed by atoms with Gasteiger partial charge in [0.25, 0.3) is 5.91 Å². The molecule has 1 aromatic heterocycles. The van der Waals surface area contributed by atoms with Crippen molar-refractivity contribution in [2.75, 3.05) is 4.90 Å². The van der Waals surface area contributed by atoms with Crippen molar-refractivity contribution in [1.29, 1.82) is 0 Å². The fourth-order valence-electron chi connectivity index (χ4n) is 3.16. The summed E-state index contributed by atoms with van der Waals surface area (Å²) in [4.78, 5) is 15.9. The number of nitrogens with zero attached hydrogens (tertiary/aromatic N) is 5. The van der Waals surface area contributed by atoms with E-state index in [0.717, 1.165) is 17.7 Å². The molecule has 2 aromatic carbocycles. The predicted molar refractivity (Wildman–Crippen MR) is 90.3 cm³/mol. The minimum absolute atomic E-state index is 0.0236. The Morgan fingerprint density at radius 2 is 1.88 bits per heavy atom. The molecule has 120 valence electrons. The highest BCUT2D eigenvalue weighted by Gasteiger charge is 2.30. The minimum atomic E-state index is -0.0236. The van der Waals surface area contributed by atoms with Crippen molar-refractivity contribution < 1.29 is 4.79 Å². The van der Waals surface area contributed by atoms with Crippen molar-refractivity contribution in [3.63, 3.8) is 0 Å². The molecule has 0 radical (unpaired) electrons. The number of carbonyl (C=O) groups excluding carboxylic acids is 1. The first kappa shape index (κ1) is 14.6. The molecule has 0 fully saturated rings. The van der Waals surface area contributed by atoms with Gasteiger partial charge in [0.2, 0.25) is 5.82 Å². The van der Waals surface area contributed by atoms with E-state index in [9.17, 15) is 4.79 Å². The molecule has 6 nitrogen and oxygen atoms in total. The molecule has 0 saturated carbocycles. The maximum Gasteiger partial charge on any atom is 0.250 e. The van der Waals surface area contributed by atoms with Crippen LogP contribution in [0.15, 0.2) is 54.6 Å². The van der Waals surface area contributed by atoms with Crippen molar-refractivity contribution in [2.24, 2.45) is 0 Å². The number of aromatic nitrogens is 4. The summed E-state index contributed by atoms with van der Waals surface area (Å²) < 4.78 is 0. The van der Waals surface area contributed by atoms with Gasteiger partial charge >= 0.3 is 0 Å². The summed E-state index contributed by atoms with van der Waals surface area (Å²) in [6.07, 6.45) is 0.877. The molecule has 4 rings (SSSR count). The van der Waals surface area contributed by atoms with Crippen LogP contribution >= 0.6 is 0 Å². The van der Waals surface area contributed by atoms with E-state index < -0.39 is 0 Å². The van der Waals surface area contributed by atoms with Gasteiger partial charge in [-0.2, -0.15) is 4.80 Å². The number of amides is 1. The smallest absolute Gasteiger partial charge is 0.250 e. The summed E-state index contributed by atoms with van der Waals surface area (Å²) in [5, 5.41) is 12.4. The van der Waals surface area contributed by atoms with Gasteiger partial charge in [-0.05, 0) is 30.2 Å². The summed E-state index contributed by atoms with van der Waals surface area (Å²) in [5.74, 6) is 0.503.